The van der Waals surface area contributed by atoms with Gasteiger partial charge >= 0.3 is 6.07 Å². The second-order valence-corrected chi connectivity index (χ2v) is 5.41. The minimum absolute atomic E-state index is 0.410. The van der Waals surface area contributed by atoms with Gasteiger partial charge in [0.1, 0.15) is 11.3 Å². The van der Waals surface area contributed by atoms with Gasteiger partial charge in [-0.1, -0.05) is 6.07 Å². The van der Waals surface area contributed by atoms with Crippen LogP contribution in [0.2, 0.25) is 0 Å². The Kier molecular flexibility index (Phi) is 4.51. The van der Waals surface area contributed by atoms with Gasteiger partial charge in [0.2, 0.25) is 0 Å². The number of hydrogen-bond donors (Lipinski definition) is 0. The third-order valence-corrected chi connectivity index (χ3v) is 3.77. The average Bonchev–Trinajstić information content (AvgIpc) is 3.09. The van der Waals surface area contributed by atoms with Gasteiger partial charge in [-0.25, -0.2) is 0 Å². The molecule has 4 nitrogen and oxygen atoms in total. The number of aryl methyl sites for hydroxylation is 2. The molecule has 0 aromatic heterocycles. The van der Waals surface area contributed by atoms with Crippen molar-refractivity contribution in [3.63, 3.8) is 0 Å². The lowest BCUT2D eigenvalue weighted by Gasteiger charge is -2.14. The molecular formula is C16H21NO3. The van der Waals surface area contributed by atoms with Crippen LogP contribution in [0.1, 0.15) is 42.0 Å². The fraction of sp³-hybridized carbons (Fsp3) is 0.562. The van der Waals surface area contributed by atoms with E-state index < -0.39 is 0 Å². The van der Waals surface area contributed by atoms with Crippen molar-refractivity contribution < 1.29 is 9.47 Å². The summed E-state index contributed by atoms with van der Waals surface area (Å²) in [4.78, 5) is 0. The molecule has 20 heavy (non-hydrogen) atoms. The first kappa shape index (κ1) is 14.7. The standard InChI is InChI=1S/C16H21NO3/c1-10-8-11(2)16(12(3)14(10)9-17-18)19-7-5-6-15-13(4)20-15/h8,13,15H,5-7H2,1-4H3. The van der Waals surface area contributed by atoms with Crippen molar-refractivity contribution in [3.8, 4) is 11.8 Å². The van der Waals surface area contributed by atoms with Gasteiger partial charge in [-0.3, -0.25) is 0 Å². The van der Waals surface area contributed by atoms with Crippen LogP contribution >= 0.6 is 0 Å². The average molecular weight is 275 g/mol. The Morgan fingerprint density at radius 3 is 2.65 bits per heavy atom. The Balaban J connectivity index is 2.02. The quantitative estimate of drug-likeness (QED) is 0.467. The van der Waals surface area contributed by atoms with Gasteiger partial charge < -0.3 is 14.7 Å². The molecule has 1 aromatic rings. The Labute approximate surface area is 120 Å². The maximum absolute atomic E-state index is 10.4. The summed E-state index contributed by atoms with van der Waals surface area (Å²) in [7, 11) is 0. The smallest absolute Gasteiger partial charge is 0.337 e. The Hall–Kier alpha value is -1.73. The molecule has 0 N–H and O–H groups in total. The highest BCUT2D eigenvalue weighted by Crippen LogP contribution is 2.30. The molecule has 1 saturated heterocycles. The third kappa shape index (κ3) is 3.23. The number of hydrogen-bond acceptors (Lipinski definition) is 3. The van der Waals surface area contributed by atoms with Gasteiger partial charge in [-0.05, 0) is 51.7 Å². The Morgan fingerprint density at radius 1 is 1.35 bits per heavy atom. The molecule has 2 rings (SSSR count). The summed E-state index contributed by atoms with van der Waals surface area (Å²) in [5, 5.41) is 13.2. The monoisotopic (exact) mass is 275 g/mol. The number of ether oxygens (including phenoxy) is 2. The predicted octanol–water partition coefficient (Wildman–Crippen LogP) is 3.74. The van der Waals surface area contributed by atoms with Gasteiger partial charge in [0.05, 0.1) is 18.8 Å². The van der Waals surface area contributed by atoms with E-state index in [1.165, 1.54) is 0 Å². The van der Waals surface area contributed by atoms with Crippen molar-refractivity contribution in [2.24, 2.45) is 0 Å². The van der Waals surface area contributed by atoms with E-state index >= 15 is 0 Å². The van der Waals surface area contributed by atoms with Crippen LogP contribution in [0.4, 0.5) is 0 Å². The van der Waals surface area contributed by atoms with Crippen LogP contribution in [0.15, 0.2) is 6.07 Å². The minimum Gasteiger partial charge on any atom is -0.498 e. The van der Waals surface area contributed by atoms with Crippen molar-refractivity contribution >= 4 is 0 Å². The first-order chi connectivity index (χ1) is 9.54. The fourth-order valence-corrected chi connectivity index (χ4v) is 2.60. The number of nitrogens with zero attached hydrogens (tertiary/aromatic N) is 1. The van der Waals surface area contributed by atoms with Crippen molar-refractivity contribution in [3.05, 3.63) is 38.5 Å². The number of benzene rings is 1. The zero-order chi connectivity index (χ0) is 14.7. The highest BCUT2D eigenvalue weighted by atomic mass is 16.6. The molecule has 0 bridgehead atoms. The van der Waals surface area contributed by atoms with Crippen molar-refractivity contribution in [1.82, 2.24) is 0 Å². The molecule has 1 fully saturated rings. The fourth-order valence-electron chi connectivity index (χ4n) is 2.60. The molecule has 0 radical (unpaired) electrons. The predicted molar refractivity (Wildman–Crippen MR) is 79.4 cm³/mol. The van der Waals surface area contributed by atoms with E-state index in [2.05, 4.69) is 18.0 Å². The zero-order valence-corrected chi connectivity index (χ0v) is 12.5. The van der Waals surface area contributed by atoms with E-state index in [1.54, 1.807) is 0 Å². The van der Waals surface area contributed by atoms with Crippen LogP contribution in [-0.2, 0) is 4.74 Å². The zero-order valence-electron chi connectivity index (χ0n) is 12.5. The van der Waals surface area contributed by atoms with Crippen LogP contribution < -0.4 is 4.74 Å². The van der Waals surface area contributed by atoms with Crippen LogP contribution in [-0.4, -0.2) is 18.8 Å². The third-order valence-electron chi connectivity index (χ3n) is 3.77. The molecule has 1 aromatic carbocycles. The lowest BCUT2D eigenvalue weighted by Crippen LogP contribution is -2.04. The van der Waals surface area contributed by atoms with E-state index in [9.17, 15) is 5.21 Å². The summed E-state index contributed by atoms with van der Waals surface area (Å²) < 4.78 is 11.3. The molecule has 1 aliphatic rings. The van der Waals surface area contributed by atoms with Gasteiger partial charge in [-0.15, -0.1) is 0 Å². The maximum Gasteiger partial charge on any atom is 0.337 e. The van der Waals surface area contributed by atoms with Crippen molar-refractivity contribution in [2.45, 2.75) is 52.7 Å². The second-order valence-electron chi connectivity index (χ2n) is 5.41. The lowest BCUT2D eigenvalue weighted by atomic mass is 9.99. The summed E-state index contributed by atoms with van der Waals surface area (Å²) in [6.07, 6.45) is 2.82. The molecule has 0 amide bonds. The molecule has 108 valence electrons. The Bertz CT molecular complexity index is 557. The lowest BCUT2D eigenvalue weighted by molar-refractivity contribution is 0.289. The van der Waals surface area contributed by atoms with E-state index in [-0.39, 0.29) is 0 Å². The maximum atomic E-state index is 10.4. The highest BCUT2D eigenvalue weighted by Gasteiger charge is 2.33. The van der Waals surface area contributed by atoms with Crippen molar-refractivity contribution in [1.29, 1.82) is 0 Å². The van der Waals surface area contributed by atoms with E-state index in [4.69, 9.17) is 9.47 Å². The van der Waals surface area contributed by atoms with Crippen LogP contribution in [0.5, 0.6) is 5.75 Å². The van der Waals surface area contributed by atoms with E-state index in [0.717, 1.165) is 40.8 Å². The molecule has 2 unspecified atom stereocenters. The van der Waals surface area contributed by atoms with Crippen molar-refractivity contribution in [2.75, 3.05) is 6.61 Å². The molecule has 0 spiro atoms. The molecule has 0 aliphatic carbocycles. The summed E-state index contributed by atoms with van der Waals surface area (Å²) in [5.74, 6) is 0.839. The number of epoxide rings is 1. The van der Waals surface area contributed by atoms with Gasteiger partial charge in [0.15, 0.2) is 0 Å². The van der Waals surface area contributed by atoms with Crippen LogP contribution in [0.25, 0.3) is 5.01 Å². The summed E-state index contributed by atoms with van der Waals surface area (Å²) in [6, 6.07) is 4.51. The van der Waals surface area contributed by atoms with Crippen LogP contribution in [0, 0.1) is 32.0 Å². The summed E-state index contributed by atoms with van der Waals surface area (Å²) >= 11 is 0. The van der Waals surface area contributed by atoms with E-state index in [1.807, 2.05) is 26.8 Å². The summed E-state index contributed by atoms with van der Waals surface area (Å²) in [6.45, 7) is 8.65. The first-order valence-electron chi connectivity index (χ1n) is 7.02. The first-order valence-corrected chi connectivity index (χ1v) is 7.02. The normalized spacial score (nSPS) is 20.2. The van der Waals surface area contributed by atoms with Gasteiger partial charge in [0, 0.05) is 10.6 Å². The largest absolute Gasteiger partial charge is 0.498 e. The van der Waals surface area contributed by atoms with E-state index in [0.29, 0.717) is 18.8 Å². The molecule has 1 heterocycles. The number of rotatable bonds is 5. The highest BCUT2D eigenvalue weighted by molar-refractivity contribution is 5.55. The SMILES string of the molecule is Cc1cc(C)c(OCCCC2OC2C)c(C)c1C#[N+][O-]. The van der Waals surface area contributed by atoms with Gasteiger partial charge in [-0.2, -0.15) is 0 Å². The minimum atomic E-state index is 0.410. The molecule has 2 atom stereocenters. The molecular weight excluding hydrogens is 254 g/mol. The molecule has 0 saturated carbocycles. The van der Waals surface area contributed by atoms with Crippen LogP contribution in [0.3, 0.4) is 0 Å². The Morgan fingerprint density at radius 2 is 2.05 bits per heavy atom. The molecule has 4 heteroatoms. The van der Waals surface area contributed by atoms with Gasteiger partial charge in [0.25, 0.3) is 0 Å². The summed E-state index contributed by atoms with van der Waals surface area (Å²) in [5.41, 5.74) is 3.73. The topological polar surface area (TPSA) is 49.2 Å². The second kappa shape index (κ2) is 6.15. The molecule has 1 aliphatic heterocycles.